The molecule has 2 aliphatic carbocycles. The fourth-order valence-electron chi connectivity index (χ4n) is 4.63. The highest BCUT2D eigenvalue weighted by molar-refractivity contribution is 5.93. The average molecular weight is 373 g/mol. The van der Waals surface area contributed by atoms with E-state index in [1.807, 2.05) is 54.6 Å². The number of ether oxygens (including phenoxy) is 1. The molecule has 5 rings (SSSR count). The Bertz CT molecular complexity index is 982. The molecule has 5 heteroatoms. The summed E-state index contributed by atoms with van der Waals surface area (Å²) in [5.74, 6) is 2.84. The molecule has 0 radical (unpaired) electrons. The molecular weight excluding hydrogens is 350 g/mol. The van der Waals surface area contributed by atoms with Crippen LogP contribution in [0.3, 0.4) is 0 Å². The fraction of sp³-hybridized carbons (Fsp3) is 0.304. The highest BCUT2D eigenvalue weighted by atomic mass is 16.5. The van der Waals surface area contributed by atoms with Crippen LogP contribution in [-0.4, -0.2) is 22.1 Å². The Balaban J connectivity index is 1.34. The van der Waals surface area contributed by atoms with Gasteiger partial charge in [0.25, 0.3) is 5.91 Å². The molecule has 3 aromatic rings. The first kappa shape index (κ1) is 17.0. The van der Waals surface area contributed by atoms with E-state index in [4.69, 9.17) is 4.74 Å². The number of nitrogens with zero attached hydrogens (tertiary/aromatic N) is 1. The second-order valence-electron chi connectivity index (χ2n) is 7.83. The van der Waals surface area contributed by atoms with E-state index >= 15 is 0 Å². The van der Waals surface area contributed by atoms with Crippen LogP contribution in [0.25, 0.3) is 11.3 Å². The van der Waals surface area contributed by atoms with E-state index in [-0.39, 0.29) is 5.91 Å². The first-order chi connectivity index (χ1) is 13.8. The van der Waals surface area contributed by atoms with Crippen LogP contribution in [0.4, 0.5) is 0 Å². The lowest BCUT2D eigenvalue weighted by Crippen LogP contribution is -2.38. The van der Waals surface area contributed by atoms with Crippen LogP contribution < -0.4 is 10.1 Å². The molecule has 0 aliphatic heterocycles. The number of amides is 1. The van der Waals surface area contributed by atoms with Crippen molar-refractivity contribution in [1.82, 2.24) is 15.5 Å². The fourth-order valence-corrected chi connectivity index (χ4v) is 4.63. The summed E-state index contributed by atoms with van der Waals surface area (Å²) in [6, 6.07) is 19.5. The van der Waals surface area contributed by atoms with Gasteiger partial charge in [0.15, 0.2) is 5.69 Å². The number of hydrogen-bond donors (Lipinski definition) is 2. The van der Waals surface area contributed by atoms with Crippen LogP contribution in [0.2, 0.25) is 0 Å². The summed E-state index contributed by atoms with van der Waals surface area (Å²) >= 11 is 0. The van der Waals surface area contributed by atoms with Crippen molar-refractivity contribution in [3.05, 3.63) is 66.4 Å². The van der Waals surface area contributed by atoms with Crippen molar-refractivity contribution in [3.63, 3.8) is 0 Å². The Morgan fingerprint density at radius 2 is 1.86 bits per heavy atom. The second-order valence-corrected chi connectivity index (χ2v) is 7.83. The summed E-state index contributed by atoms with van der Waals surface area (Å²) in [7, 11) is 0. The van der Waals surface area contributed by atoms with E-state index in [1.165, 1.54) is 19.3 Å². The Morgan fingerprint density at radius 3 is 2.64 bits per heavy atom. The smallest absolute Gasteiger partial charge is 0.272 e. The van der Waals surface area contributed by atoms with Crippen LogP contribution in [-0.2, 0) is 0 Å². The number of nitrogens with one attached hydrogen (secondary N) is 2. The van der Waals surface area contributed by atoms with Crippen molar-refractivity contribution < 1.29 is 9.53 Å². The van der Waals surface area contributed by atoms with Gasteiger partial charge in [0, 0.05) is 11.6 Å². The zero-order valence-corrected chi connectivity index (χ0v) is 15.6. The first-order valence-corrected chi connectivity index (χ1v) is 9.95. The Morgan fingerprint density at radius 1 is 1.04 bits per heavy atom. The van der Waals surface area contributed by atoms with Gasteiger partial charge in [0.05, 0.1) is 5.69 Å². The highest BCUT2D eigenvalue weighted by Crippen LogP contribution is 2.44. The zero-order chi connectivity index (χ0) is 18.9. The molecular formula is C23H23N3O2. The van der Waals surface area contributed by atoms with Crippen molar-refractivity contribution in [2.75, 3.05) is 0 Å². The standard InChI is InChI=1S/C23H23N3O2/c27-23(24-19-13-15-10-11-16(19)12-15)21-14-20(25-26-21)18-8-4-5-9-22(18)28-17-6-2-1-3-7-17/h1-9,14-16,19H,10-13H2,(H,24,27)(H,25,26)/t15-,16+,19-/m1/s1. The van der Waals surface area contributed by atoms with Gasteiger partial charge in [-0.1, -0.05) is 36.8 Å². The molecule has 3 atom stereocenters. The minimum atomic E-state index is -0.0958. The summed E-state index contributed by atoms with van der Waals surface area (Å²) < 4.78 is 6.03. The van der Waals surface area contributed by atoms with Crippen molar-refractivity contribution in [2.24, 2.45) is 11.8 Å². The number of carbonyl (C=O) groups is 1. The first-order valence-electron chi connectivity index (χ1n) is 9.95. The number of aromatic amines is 1. The lowest BCUT2D eigenvalue weighted by Gasteiger charge is -2.22. The van der Waals surface area contributed by atoms with Crippen LogP contribution in [0, 0.1) is 11.8 Å². The molecule has 2 N–H and O–H groups in total. The van der Waals surface area contributed by atoms with E-state index in [9.17, 15) is 4.79 Å². The van der Waals surface area contributed by atoms with E-state index in [2.05, 4.69) is 15.5 Å². The molecule has 1 aromatic heterocycles. The second kappa shape index (κ2) is 7.15. The molecule has 28 heavy (non-hydrogen) atoms. The van der Waals surface area contributed by atoms with Gasteiger partial charge in [-0.25, -0.2) is 0 Å². The molecule has 2 saturated carbocycles. The number of carbonyl (C=O) groups excluding carboxylic acids is 1. The third-order valence-electron chi connectivity index (χ3n) is 6.01. The van der Waals surface area contributed by atoms with Gasteiger partial charge in [-0.3, -0.25) is 9.89 Å². The number of H-pyrrole nitrogens is 1. The molecule has 5 nitrogen and oxygen atoms in total. The molecule has 2 aromatic carbocycles. The normalized spacial score (nSPS) is 22.9. The molecule has 2 bridgehead atoms. The van der Waals surface area contributed by atoms with Crippen molar-refractivity contribution in [1.29, 1.82) is 0 Å². The molecule has 0 unspecified atom stereocenters. The van der Waals surface area contributed by atoms with E-state index < -0.39 is 0 Å². The zero-order valence-electron chi connectivity index (χ0n) is 15.6. The summed E-state index contributed by atoms with van der Waals surface area (Å²) in [6.45, 7) is 0. The summed E-state index contributed by atoms with van der Waals surface area (Å²) in [5, 5.41) is 10.4. The molecule has 142 valence electrons. The van der Waals surface area contributed by atoms with Crippen LogP contribution >= 0.6 is 0 Å². The van der Waals surface area contributed by atoms with E-state index in [1.54, 1.807) is 6.07 Å². The van der Waals surface area contributed by atoms with Crippen molar-refractivity contribution in [3.8, 4) is 22.8 Å². The molecule has 0 spiro atoms. The summed E-state index contributed by atoms with van der Waals surface area (Å²) in [5.41, 5.74) is 2.06. The van der Waals surface area contributed by atoms with Crippen LogP contribution in [0.5, 0.6) is 11.5 Å². The lowest BCUT2D eigenvalue weighted by molar-refractivity contribution is 0.0918. The van der Waals surface area contributed by atoms with Crippen molar-refractivity contribution >= 4 is 5.91 Å². The Hall–Kier alpha value is -3.08. The predicted molar refractivity (Wildman–Crippen MR) is 107 cm³/mol. The van der Waals surface area contributed by atoms with E-state index in [0.717, 1.165) is 35.1 Å². The molecule has 2 fully saturated rings. The maximum atomic E-state index is 12.7. The number of hydrogen-bond acceptors (Lipinski definition) is 3. The number of aromatic nitrogens is 2. The lowest BCUT2D eigenvalue weighted by atomic mass is 9.95. The average Bonchev–Trinajstić information content (AvgIpc) is 3.46. The third kappa shape index (κ3) is 3.28. The minimum absolute atomic E-state index is 0.0958. The molecule has 2 aliphatic rings. The predicted octanol–water partition coefficient (Wildman–Crippen LogP) is 4.79. The largest absolute Gasteiger partial charge is 0.457 e. The summed E-state index contributed by atoms with van der Waals surface area (Å²) in [6.07, 6.45) is 4.94. The molecule has 1 heterocycles. The van der Waals surface area contributed by atoms with Crippen molar-refractivity contribution in [2.45, 2.75) is 31.7 Å². The maximum absolute atomic E-state index is 12.7. The molecule has 0 saturated heterocycles. The minimum Gasteiger partial charge on any atom is -0.457 e. The van der Waals surface area contributed by atoms with Gasteiger partial charge >= 0.3 is 0 Å². The number of benzene rings is 2. The monoisotopic (exact) mass is 373 g/mol. The van der Waals surface area contributed by atoms with Gasteiger partial charge in [0.2, 0.25) is 0 Å². The highest BCUT2D eigenvalue weighted by Gasteiger charge is 2.40. The van der Waals surface area contributed by atoms with Gasteiger partial charge in [0.1, 0.15) is 11.5 Å². The number of fused-ring (bicyclic) bond motifs is 2. The van der Waals surface area contributed by atoms with Gasteiger partial charge in [-0.05, 0) is 61.4 Å². The third-order valence-corrected chi connectivity index (χ3v) is 6.01. The quantitative estimate of drug-likeness (QED) is 0.676. The Kier molecular flexibility index (Phi) is 4.35. The van der Waals surface area contributed by atoms with Gasteiger partial charge < -0.3 is 10.1 Å². The van der Waals surface area contributed by atoms with Crippen LogP contribution in [0.15, 0.2) is 60.7 Å². The van der Waals surface area contributed by atoms with Gasteiger partial charge in [-0.15, -0.1) is 0 Å². The SMILES string of the molecule is O=C(N[C@@H]1C[C@@H]2CC[C@H]1C2)c1cc(-c2ccccc2Oc2ccccc2)[nH]n1. The van der Waals surface area contributed by atoms with E-state index in [0.29, 0.717) is 17.7 Å². The molecule has 1 amide bonds. The Labute approximate surface area is 164 Å². The topological polar surface area (TPSA) is 67.0 Å². The summed E-state index contributed by atoms with van der Waals surface area (Å²) in [4.78, 5) is 12.7. The maximum Gasteiger partial charge on any atom is 0.272 e. The number of rotatable bonds is 5. The van der Waals surface area contributed by atoms with Crippen LogP contribution in [0.1, 0.15) is 36.2 Å². The van der Waals surface area contributed by atoms with Gasteiger partial charge in [-0.2, -0.15) is 5.10 Å². The number of para-hydroxylation sites is 2.